The van der Waals surface area contributed by atoms with Crippen molar-refractivity contribution >= 4 is 52.1 Å². The van der Waals surface area contributed by atoms with Crippen LogP contribution in [0.2, 0.25) is 5.02 Å². The molecule has 0 heterocycles. The third-order valence-electron chi connectivity index (χ3n) is 3.99. The molecule has 146 valence electrons. The maximum absolute atomic E-state index is 12.3. The lowest BCUT2D eigenvalue weighted by Crippen LogP contribution is -2.34. The van der Waals surface area contributed by atoms with E-state index in [-0.39, 0.29) is 16.9 Å². The predicted molar refractivity (Wildman–Crippen MR) is 121 cm³/mol. The second-order valence-electron chi connectivity index (χ2n) is 6.32. The molecule has 29 heavy (non-hydrogen) atoms. The topological polar surface area (TPSA) is 70.2 Å². The Morgan fingerprint density at radius 2 is 1.38 bits per heavy atom. The molecule has 3 aromatic rings. The zero-order valence-corrected chi connectivity index (χ0v) is 17.1. The molecular weight excluding hydrogens is 406 g/mol. The van der Waals surface area contributed by atoms with Crippen molar-refractivity contribution < 1.29 is 9.59 Å². The first-order valence-corrected chi connectivity index (χ1v) is 9.55. The van der Waals surface area contributed by atoms with Crippen molar-refractivity contribution in [3.8, 4) is 0 Å². The van der Waals surface area contributed by atoms with Gasteiger partial charge in [-0.05, 0) is 73.7 Å². The Hall–Kier alpha value is -3.22. The van der Waals surface area contributed by atoms with Crippen molar-refractivity contribution in [2.24, 2.45) is 0 Å². The van der Waals surface area contributed by atoms with Gasteiger partial charge in [-0.3, -0.25) is 14.9 Å². The van der Waals surface area contributed by atoms with Crippen LogP contribution in [0.3, 0.4) is 0 Å². The van der Waals surface area contributed by atoms with E-state index in [1.165, 1.54) is 0 Å². The van der Waals surface area contributed by atoms with Gasteiger partial charge in [-0.25, -0.2) is 0 Å². The van der Waals surface area contributed by atoms with Gasteiger partial charge in [0.1, 0.15) is 0 Å². The van der Waals surface area contributed by atoms with Crippen LogP contribution in [0.15, 0.2) is 72.8 Å². The lowest BCUT2D eigenvalue weighted by Gasteiger charge is -2.11. The highest BCUT2D eigenvalue weighted by Gasteiger charge is 2.09. The van der Waals surface area contributed by atoms with Crippen LogP contribution < -0.4 is 16.0 Å². The van der Waals surface area contributed by atoms with E-state index >= 15 is 0 Å². The standard InChI is InChI=1S/C22H18ClN3O2S/c1-14-4-2-5-15(12-14)20(27)24-18-8-10-19(11-9-18)25-22(29)26-21(28)16-6-3-7-17(23)13-16/h2-13H,1H3,(H,24,27)(H2,25,26,28,29). The summed E-state index contributed by atoms with van der Waals surface area (Å²) in [5.41, 5.74) is 3.35. The van der Waals surface area contributed by atoms with E-state index in [2.05, 4.69) is 16.0 Å². The Morgan fingerprint density at radius 3 is 2.00 bits per heavy atom. The van der Waals surface area contributed by atoms with Gasteiger partial charge in [0.05, 0.1) is 0 Å². The molecule has 0 aliphatic carbocycles. The first-order valence-electron chi connectivity index (χ1n) is 8.77. The summed E-state index contributed by atoms with van der Waals surface area (Å²) < 4.78 is 0. The fourth-order valence-electron chi connectivity index (χ4n) is 2.59. The average molecular weight is 424 g/mol. The van der Waals surface area contributed by atoms with E-state index in [0.29, 0.717) is 27.5 Å². The van der Waals surface area contributed by atoms with Gasteiger partial charge in [-0.15, -0.1) is 0 Å². The summed E-state index contributed by atoms with van der Waals surface area (Å²) in [7, 11) is 0. The van der Waals surface area contributed by atoms with Crippen molar-refractivity contribution in [2.75, 3.05) is 10.6 Å². The average Bonchev–Trinajstić information content (AvgIpc) is 2.69. The molecule has 0 spiro atoms. The fraction of sp³-hybridized carbons (Fsp3) is 0.0455. The number of amides is 2. The summed E-state index contributed by atoms with van der Waals surface area (Å²) in [6, 6.07) is 21.0. The molecule has 7 heteroatoms. The van der Waals surface area contributed by atoms with Crippen LogP contribution in [0, 0.1) is 6.92 Å². The van der Waals surface area contributed by atoms with Crippen LogP contribution in [0.25, 0.3) is 0 Å². The molecule has 0 atom stereocenters. The molecule has 2 amide bonds. The molecule has 0 aliphatic rings. The molecule has 0 fully saturated rings. The zero-order valence-electron chi connectivity index (χ0n) is 15.5. The van der Waals surface area contributed by atoms with Crippen molar-refractivity contribution in [1.82, 2.24) is 5.32 Å². The molecule has 3 N–H and O–H groups in total. The first kappa shape index (κ1) is 20.5. The fourth-order valence-corrected chi connectivity index (χ4v) is 2.99. The number of carbonyl (C=O) groups is 2. The van der Waals surface area contributed by atoms with Gasteiger partial charge in [0.15, 0.2) is 5.11 Å². The lowest BCUT2D eigenvalue weighted by atomic mass is 10.1. The first-order chi connectivity index (χ1) is 13.9. The molecule has 0 saturated heterocycles. The Labute approximate surface area is 179 Å². The Kier molecular flexibility index (Phi) is 6.59. The number of benzene rings is 3. The largest absolute Gasteiger partial charge is 0.332 e. The number of thiocarbonyl (C=S) groups is 1. The number of halogens is 1. The van der Waals surface area contributed by atoms with E-state index in [9.17, 15) is 9.59 Å². The number of aryl methyl sites for hydroxylation is 1. The predicted octanol–water partition coefficient (Wildman–Crippen LogP) is 5.03. The summed E-state index contributed by atoms with van der Waals surface area (Å²) in [4.78, 5) is 24.5. The van der Waals surface area contributed by atoms with Crippen LogP contribution >= 0.6 is 23.8 Å². The maximum atomic E-state index is 12.3. The van der Waals surface area contributed by atoms with Gasteiger partial charge >= 0.3 is 0 Å². The molecule has 3 rings (SSSR count). The van der Waals surface area contributed by atoms with E-state index in [1.807, 2.05) is 25.1 Å². The maximum Gasteiger partial charge on any atom is 0.257 e. The van der Waals surface area contributed by atoms with Gasteiger partial charge in [0, 0.05) is 27.5 Å². The number of carbonyl (C=O) groups excluding carboxylic acids is 2. The minimum absolute atomic E-state index is 0.159. The monoisotopic (exact) mass is 423 g/mol. The number of hydrogen-bond acceptors (Lipinski definition) is 3. The number of nitrogens with one attached hydrogen (secondary N) is 3. The van der Waals surface area contributed by atoms with Crippen LogP contribution in [0.5, 0.6) is 0 Å². The highest BCUT2D eigenvalue weighted by Crippen LogP contribution is 2.15. The van der Waals surface area contributed by atoms with Crippen LogP contribution in [-0.4, -0.2) is 16.9 Å². The molecule has 0 bridgehead atoms. The summed E-state index contributed by atoms with van der Waals surface area (Å²) >= 11 is 11.1. The summed E-state index contributed by atoms with van der Waals surface area (Å²) in [6.07, 6.45) is 0. The SMILES string of the molecule is Cc1cccc(C(=O)Nc2ccc(NC(=S)NC(=O)c3cccc(Cl)c3)cc2)c1. The molecule has 0 aromatic heterocycles. The second-order valence-corrected chi connectivity index (χ2v) is 7.16. The molecule has 0 unspecified atom stereocenters. The highest BCUT2D eigenvalue weighted by molar-refractivity contribution is 7.80. The van der Waals surface area contributed by atoms with Crippen molar-refractivity contribution in [1.29, 1.82) is 0 Å². The van der Waals surface area contributed by atoms with Crippen LogP contribution in [0.4, 0.5) is 11.4 Å². The Morgan fingerprint density at radius 1 is 0.793 bits per heavy atom. The molecule has 0 aliphatic heterocycles. The third kappa shape index (κ3) is 5.88. The minimum atomic E-state index is -0.355. The molecule has 5 nitrogen and oxygen atoms in total. The molecule has 0 radical (unpaired) electrons. The Bertz CT molecular complexity index is 1070. The summed E-state index contributed by atoms with van der Waals surface area (Å²) in [5, 5.41) is 9.00. The zero-order chi connectivity index (χ0) is 20.8. The molecule has 0 saturated carbocycles. The minimum Gasteiger partial charge on any atom is -0.332 e. The summed E-state index contributed by atoms with van der Waals surface area (Å²) in [5.74, 6) is -0.536. The normalized spacial score (nSPS) is 10.1. The van der Waals surface area contributed by atoms with Gasteiger partial charge in [-0.1, -0.05) is 35.4 Å². The van der Waals surface area contributed by atoms with Crippen molar-refractivity contribution in [2.45, 2.75) is 6.92 Å². The van der Waals surface area contributed by atoms with E-state index < -0.39 is 0 Å². The quantitative estimate of drug-likeness (QED) is 0.515. The van der Waals surface area contributed by atoms with Gasteiger partial charge in [0.2, 0.25) is 0 Å². The van der Waals surface area contributed by atoms with E-state index in [1.54, 1.807) is 54.6 Å². The van der Waals surface area contributed by atoms with E-state index in [4.69, 9.17) is 23.8 Å². The summed E-state index contributed by atoms with van der Waals surface area (Å²) in [6.45, 7) is 1.94. The Balaban J connectivity index is 1.56. The molecule has 3 aromatic carbocycles. The van der Waals surface area contributed by atoms with Gasteiger partial charge in [0.25, 0.3) is 11.8 Å². The third-order valence-corrected chi connectivity index (χ3v) is 4.43. The van der Waals surface area contributed by atoms with Crippen LogP contribution in [-0.2, 0) is 0 Å². The number of anilines is 2. The smallest absolute Gasteiger partial charge is 0.257 e. The van der Waals surface area contributed by atoms with Gasteiger partial charge in [-0.2, -0.15) is 0 Å². The van der Waals surface area contributed by atoms with Crippen LogP contribution in [0.1, 0.15) is 26.3 Å². The van der Waals surface area contributed by atoms with Crippen molar-refractivity contribution in [3.05, 3.63) is 94.5 Å². The lowest BCUT2D eigenvalue weighted by molar-refractivity contribution is 0.0976. The second kappa shape index (κ2) is 9.32. The molecular formula is C22H18ClN3O2S. The van der Waals surface area contributed by atoms with E-state index in [0.717, 1.165) is 5.56 Å². The van der Waals surface area contributed by atoms with Gasteiger partial charge < -0.3 is 10.6 Å². The number of rotatable bonds is 4. The van der Waals surface area contributed by atoms with Crippen molar-refractivity contribution in [3.63, 3.8) is 0 Å². The highest BCUT2D eigenvalue weighted by atomic mass is 35.5. The number of hydrogen-bond donors (Lipinski definition) is 3.